The van der Waals surface area contributed by atoms with E-state index in [1.165, 1.54) is 5.57 Å². The smallest absolute Gasteiger partial charge is 0.323 e. The van der Waals surface area contributed by atoms with Crippen LogP contribution in [-0.2, 0) is 23.8 Å². The van der Waals surface area contributed by atoms with Gasteiger partial charge in [-0.1, -0.05) is 66.5 Å². The Hall–Kier alpha value is -1.48. The number of carboxylic acids is 1. The fraction of sp³-hybridized carbons (Fsp3) is 0.895. The van der Waals surface area contributed by atoms with Crippen LogP contribution in [0.25, 0.3) is 0 Å². The zero-order chi connectivity index (χ0) is 33.9. The molecule has 8 nitrogen and oxygen atoms in total. The number of carbonyl (C=O) groups is 2. The molecule has 8 heteroatoms. The molecule has 0 aromatic heterocycles. The molecular formula is C38H64N2O6. The minimum absolute atomic E-state index is 0.148. The number of esters is 1. The highest BCUT2D eigenvalue weighted by atomic mass is 16.6. The monoisotopic (exact) mass is 644 g/mol. The minimum atomic E-state index is -0.680. The maximum absolute atomic E-state index is 13.4. The molecule has 3 saturated carbocycles. The number of nitrogens with two attached hydrogens (primary N) is 2. The van der Waals surface area contributed by atoms with E-state index in [2.05, 4.69) is 54.5 Å². The molecule has 0 radical (unpaired) electrons. The number of aliphatic carboxylic acids is 1. The molecule has 1 unspecified atom stereocenters. The fourth-order valence-corrected chi connectivity index (χ4v) is 12.0. The van der Waals surface area contributed by atoms with Crippen LogP contribution in [0.4, 0.5) is 0 Å². The van der Waals surface area contributed by atoms with E-state index < -0.39 is 29.4 Å². The zero-order valence-corrected chi connectivity index (χ0v) is 30.0. The summed E-state index contributed by atoms with van der Waals surface area (Å²) in [6.45, 7) is 20.2. The largest absolute Gasteiger partial charge is 0.481 e. The van der Waals surface area contributed by atoms with Gasteiger partial charge in [0.15, 0.2) is 0 Å². The van der Waals surface area contributed by atoms with Crippen molar-refractivity contribution < 1.29 is 28.9 Å². The van der Waals surface area contributed by atoms with Gasteiger partial charge >= 0.3 is 11.9 Å². The molecule has 1 heterocycles. The van der Waals surface area contributed by atoms with Crippen molar-refractivity contribution in [2.75, 3.05) is 26.4 Å². The van der Waals surface area contributed by atoms with Crippen molar-refractivity contribution in [1.82, 2.24) is 0 Å². The molecule has 5 rings (SSSR count). The number of carboxylic acid groups (broad SMARTS) is 1. The Kier molecular flexibility index (Phi) is 9.94. The summed E-state index contributed by atoms with van der Waals surface area (Å²) in [6.07, 6.45) is 9.40. The second-order valence-electron chi connectivity index (χ2n) is 17.3. The van der Waals surface area contributed by atoms with Crippen LogP contribution >= 0.6 is 0 Å². The fourth-order valence-electron chi connectivity index (χ4n) is 12.0. The second kappa shape index (κ2) is 12.8. The first-order chi connectivity index (χ1) is 21.6. The highest BCUT2D eigenvalue weighted by Gasteiger charge is 2.72. The summed E-state index contributed by atoms with van der Waals surface area (Å²) in [5, 5.41) is 11.0. The number of allylic oxidation sites excluding steroid dienone is 1. The van der Waals surface area contributed by atoms with Crippen LogP contribution in [0.2, 0.25) is 0 Å². The van der Waals surface area contributed by atoms with Gasteiger partial charge in [0.05, 0.1) is 25.2 Å². The quantitative estimate of drug-likeness (QED) is 0.135. The molecular weight excluding hydrogens is 580 g/mol. The lowest BCUT2D eigenvalue weighted by Crippen LogP contribution is -2.70. The Morgan fingerprint density at radius 3 is 2.41 bits per heavy atom. The Morgan fingerprint density at radius 1 is 1.07 bits per heavy atom. The molecule has 0 aromatic rings. The van der Waals surface area contributed by atoms with Crippen molar-refractivity contribution in [2.24, 2.45) is 68.1 Å². The summed E-state index contributed by atoms with van der Waals surface area (Å²) in [7, 11) is 0. The van der Waals surface area contributed by atoms with E-state index in [0.717, 1.165) is 51.4 Å². The third kappa shape index (κ3) is 5.22. The lowest BCUT2D eigenvalue weighted by molar-refractivity contribution is -0.266. The van der Waals surface area contributed by atoms with E-state index in [4.69, 9.17) is 25.7 Å². The molecule has 0 spiro atoms. The predicted octanol–water partition coefficient (Wildman–Crippen LogP) is 6.35. The molecule has 1 aliphatic heterocycles. The minimum Gasteiger partial charge on any atom is -0.481 e. The van der Waals surface area contributed by atoms with Crippen molar-refractivity contribution in [2.45, 2.75) is 131 Å². The van der Waals surface area contributed by atoms with Gasteiger partial charge in [-0.15, -0.1) is 0 Å². The number of carbonyl (C=O) groups excluding carboxylic acids is 1. The van der Waals surface area contributed by atoms with Crippen LogP contribution < -0.4 is 11.5 Å². The molecule has 0 aromatic carbocycles. The van der Waals surface area contributed by atoms with Gasteiger partial charge in [-0.3, -0.25) is 9.59 Å². The van der Waals surface area contributed by atoms with Crippen molar-refractivity contribution in [3.8, 4) is 0 Å². The first-order valence-electron chi connectivity index (χ1n) is 18.4. The van der Waals surface area contributed by atoms with E-state index in [1.807, 2.05) is 6.92 Å². The molecule has 4 aliphatic carbocycles. The van der Waals surface area contributed by atoms with Crippen molar-refractivity contribution >= 4 is 11.9 Å². The number of unbranched alkanes of at least 4 members (excludes halogenated alkanes) is 1. The Labute approximate surface area is 278 Å². The average Bonchev–Trinajstić information content (AvgIpc) is 2.99. The third-order valence-corrected chi connectivity index (χ3v) is 15.0. The lowest BCUT2D eigenvalue weighted by atomic mass is 9.34. The number of ether oxygens (including phenoxy) is 3. The molecule has 262 valence electrons. The van der Waals surface area contributed by atoms with Crippen molar-refractivity contribution in [1.29, 1.82) is 0 Å². The lowest BCUT2D eigenvalue weighted by Gasteiger charge is -2.71. The Bertz CT molecular complexity index is 1190. The first kappa shape index (κ1) is 35.8. The highest BCUT2D eigenvalue weighted by Crippen LogP contribution is 2.75. The second-order valence-corrected chi connectivity index (χ2v) is 17.3. The van der Waals surface area contributed by atoms with Gasteiger partial charge in [0.2, 0.25) is 0 Å². The first-order valence-corrected chi connectivity index (χ1v) is 18.4. The molecule has 1 saturated heterocycles. The van der Waals surface area contributed by atoms with Crippen LogP contribution in [0, 0.1) is 56.7 Å². The van der Waals surface area contributed by atoms with Gasteiger partial charge in [-0.2, -0.15) is 0 Å². The van der Waals surface area contributed by atoms with Crippen LogP contribution in [0.3, 0.4) is 0 Å². The number of rotatable bonds is 11. The summed E-state index contributed by atoms with van der Waals surface area (Å²) >= 11 is 0. The van der Waals surface area contributed by atoms with E-state index >= 15 is 0 Å². The Balaban J connectivity index is 1.52. The van der Waals surface area contributed by atoms with E-state index in [-0.39, 0.29) is 45.6 Å². The summed E-state index contributed by atoms with van der Waals surface area (Å²) < 4.78 is 19.4. The van der Waals surface area contributed by atoms with E-state index in [1.54, 1.807) is 0 Å². The molecule has 4 fully saturated rings. The van der Waals surface area contributed by atoms with Gasteiger partial charge in [0.25, 0.3) is 0 Å². The molecule has 12 atom stereocenters. The number of fused-ring (bicyclic) bond motifs is 3. The molecule has 0 amide bonds. The SMILES string of the molecule is CCO[C@@H]1C[C@@]23COC[C@@](C)([C@@H]2CC[C@H]2C3=CC[C@@]3(C)[C@H](C(=O)O)[C@@](C)([C@H](C)C(C)C)CC[C@]23C)[C@H]1OC(=O)C(N)CCCCN. The summed E-state index contributed by atoms with van der Waals surface area (Å²) in [5.74, 6) is -0.135. The van der Waals surface area contributed by atoms with Gasteiger partial charge in [-0.05, 0) is 105 Å². The molecule has 46 heavy (non-hydrogen) atoms. The van der Waals surface area contributed by atoms with Gasteiger partial charge in [0, 0.05) is 17.4 Å². The third-order valence-electron chi connectivity index (χ3n) is 15.0. The number of hydrogen-bond donors (Lipinski definition) is 3. The van der Waals surface area contributed by atoms with Gasteiger partial charge < -0.3 is 30.8 Å². The maximum atomic E-state index is 13.4. The van der Waals surface area contributed by atoms with Crippen LogP contribution in [0.1, 0.15) is 113 Å². The predicted molar refractivity (Wildman–Crippen MR) is 180 cm³/mol. The molecule has 5 N–H and O–H groups in total. The summed E-state index contributed by atoms with van der Waals surface area (Å²) in [4.78, 5) is 26.7. The van der Waals surface area contributed by atoms with Crippen LogP contribution in [0.5, 0.6) is 0 Å². The summed E-state index contributed by atoms with van der Waals surface area (Å²) in [5.41, 5.74) is 12.0. The van der Waals surface area contributed by atoms with Gasteiger partial charge in [0.1, 0.15) is 12.1 Å². The van der Waals surface area contributed by atoms with Gasteiger partial charge in [-0.25, -0.2) is 0 Å². The number of hydrogen-bond acceptors (Lipinski definition) is 7. The molecule has 5 aliphatic rings. The zero-order valence-electron chi connectivity index (χ0n) is 30.0. The maximum Gasteiger partial charge on any atom is 0.323 e. The topological polar surface area (TPSA) is 134 Å². The van der Waals surface area contributed by atoms with Crippen molar-refractivity contribution in [3.63, 3.8) is 0 Å². The normalized spacial score (nSPS) is 44.7. The van der Waals surface area contributed by atoms with E-state index in [9.17, 15) is 14.7 Å². The van der Waals surface area contributed by atoms with Crippen LogP contribution in [-0.4, -0.2) is 61.7 Å². The van der Waals surface area contributed by atoms with E-state index in [0.29, 0.717) is 44.6 Å². The highest BCUT2D eigenvalue weighted by molar-refractivity contribution is 5.76. The standard InChI is InChI=1S/C38H64N2O6/c1-9-45-28-20-38-22-44-21-35(6,31(28)46-33(43)27(40)12-10-11-19-39)29(38)14-13-25-26(38)15-16-37(8)30(32(41)42)34(5,24(4)23(2)3)17-18-36(25,37)7/h15,23-25,27-31H,9-14,16-22,39-40H2,1-8H3,(H,41,42)/t24-,25+,27?,28-,29+,30-,31+,34-,35+,36-,37+,38+/m1/s1. The Morgan fingerprint density at radius 2 is 1.78 bits per heavy atom. The van der Waals surface area contributed by atoms with Crippen molar-refractivity contribution in [3.05, 3.63) is 11.6 Å². The summed E-state index contributed by atoms with van der Waals surface area (Å²) in [6, 6.07) is -0.680. The molecule has 2 bridgehead atoms. The average molecular weight is 645 g/mol. The van der Waals surface area contributed by atoms with Crippen LogP contribution in [0.15, 0.2) is 11.6 Å².